The van der Waals surface area contributed by atoms with Crippen molar-refractivity contribution in [1.29, 1.82) is 0 Å². The fourth-order valence-electron chi connectivity index (χ4n) is 1.94. The predicted octanol–water partition coefficient (Wildman–Crippen LogP) is 4.16. The van der Waals surface area contributed by atoms with Crippen LogP contribution >= 0.6 is 0 Å². The topological polar surface area (TPSA) is 44.5 Å². The Hall–Kier alpha value is -2.23. The highest BCUT2D eigenvalue weighted by Crippen LogP contribution is 2.32. The van der Waals surface area contributed by atoms with Gasteiger partial charge in [0, 0.05) is 12.1 Å². The van der Waals surface area contributed by atoms with E-state index in [1.54, 1.807) is 0 Å². The van der Waals surface area contributed by atoms with E-state index < -0.39 is 5.82 Å². The van der Waals surface area contributed by atoms with E-state index in [4.69, 9.17) is 15.2 Å². The van der Waals surface area contributed by atoms with Gasteiger partial charge in [-0.15, -0.1) is 0 Å². The standard InChI is InChI=1S/C16H18FNO2/c1-3-4-11-5-7-12(8-6-11)20-15-10-16(19-2)14(18)9-13(15)17/h5-10H,3-4,18H2,1-2H3. The van der Waals surface area contributed by atoms with Gasteiger partial charge in [-0.25, -0.2) is 4.39 Å². The number of ether oxygens (including phenoxy) is 2. The third-order valence-electron chi connectivity index (χ3n) is 2.97. The minimum Gasteiger partial charge on any atom is -0.494 e. The molecule has 0 atom stereocenters. The number of methoxy groups -OCH3 is 1. The summed E-state index contributed by atoms with van der Waals surface area (Å²) in [5, 5.41) is 0. The molecule has 0 unspecified atom stereocenters. The summed E-state index contributed by atoms with van der Waals surface area (Å²) in [6, 6.07) is 10.3. The molecule has 0 spiro atoms. The number of hydrogen-bond acceptors (Lipinski definition) is 3. The molecule has 0 aliphatic carbocycles. The second kappa shape index (κ2) is 6.28. The molecule has 2 aromatic rings. The van der Waals surface area contributed by atoms with Crippen molar-refractivity contribution in [3.63, 3.8) is 0 Å². The maximum atomic E-state index is 13.8. The normalized spacial score (nSPS) is 10.3. The Morgan fingerprint density at radius 2 is 1.80 bits per heavy atom. The number of nitrogen functional groups attached to an aromatic ring is 1. The first-order valence-corrected chi connectivity index (χ1v) is 6.54. The van der Waals surface area contributed by atoms with Crippen LogP contribution in [0.25, 0.3) is 0 Å². The third-order valence-corrected chi connectivity index (χ3v) is 2.97. The average Bonchev–Trinajstić information content (AvgIpc) is 2.44. The highest BCUT2D eigenvalue weighted by atomic mass is 19.1. The van der Waals surface area contributed by atoms with Crippen LogP contribution < -0.4 is 15.2 Å². The molecule has 3 nitrogen and oxygen atoms in total. The summed E-state index contributed by atoms with van der Waals surface area (Å²) >= 11 is 0. The quantitative estimate of drug-likeness (QED) is 0.833. The summed E-state index contributed by atoms with van der Waals surface area (Å²) in [4.78, 5) is 0. The molecule has 0 saturated carbocycles. The highest BCUT2D eigenvalue weighted by Gasteiger charge is 2.10. The number of halogens is 1. The smallest absolute Gasteiger partial charge is 0.168 e. The van der Waals surface area contributed by atoms with E-state index >= 15 is 0 Å². The summed E-state index contributed by atoms with van der Waals surface area (Å²) in [6.07, 6.45) is 2.11. The molecule has 4 heteroatoms. The van der Waals surface area contributed by atoms with E-state index in [0.29, 0.717) is 11.5 Å². The molecule has 0 heterocycles. The van der Waals surface area contributed by atoms with Gasteiger partial charge >= 0.3 is 0 Å². The van der Waals surface area contributed by atoms with E-state index in [0.717, 1.165) is 12.8 Å². The zero-order chi connectivity index (χ0) is 14.5. The summed E-state index contributed by atoms with van der Waals surface area (Å²) in [6.45, 7) is 2.13. The van der Waals surface area contributed by atoms with Crippen LogP contribution in [0.15, 0.2) is 36.4 Å². The summed E-state index contributed by atoms with van der Waals surface area (Å²) in [5.41, 5.74) is 7.10. The molecule has 0 aliphatic heterocycles. The molecule has 0 bridgehead atoms. The van der Waals surface area contributed by atoms with Crippen LogP contribution in [0.3, 0.4) is 0 Å². The predicted molar refractivity (Wildman–Crippen MR) is 77.9 cm³/mol. The van der Waals surface area contributed by atoms with Crippen molar-refractivity contribution >= 4 is 5.69 Å². The Bertz CT molecular complexity index is 582. The van der Waals surface area contributed by atoms with Gasteiger partial charge in [0.2, 0.25) is 0 Å². The fourth-order valence-corrected chi connectivity index (χ4v) is 1.94. The minimum absolute atomic E-state index is 0.0966. The van der Waals surface area contributed by atoms with Gasteiger partial charge in [-0.3, -0.25) is 0 Å². The molecule has 0 fully saturated rings. The Balaban J connectivity index is 2.21. The Morgan fingerprint density at radius 1 is 1.10 bits per heavy atom. The first-order chi connectivity index (χ1) is 9.63. The molecule has 0 aliphatic rings. The van der Waals surface area contributed by atoms with Gasteiger partial charge in [0.1, 0.15) is 11.5 Å². The van der Waals surface area contributed by atoms with E-state index in [1.165, 1.54) is 24.8 Å². The SMILES string of the molecule is CCCc1ccc(Oc2cc(OC)c(N)cc2F)cc1. The monoisotopic (exact) mass is 275 g/mol. The number of anilines is 1. The fraction of sp³-hybridized carbons (Fsp3) is 0.250. The van der Waals surface area contributed by atoms with Crippen molar-refractivity contribution in [2.24, 2.45) is 0 Å². The molecule has 0 amide bonds. The Morgan fingerprint density at radius 3 is 2.40 bits per heavy atom. The number of benzene rings is 2. The van der Waals surface area contributed by atoms with Gasteiger partial charge in [-0.2, -0.15) is 0 Å². The van der Waals surface area contributed by atoms with E-state index in [-0.39, 0.29) is 11.4 Å². The van der Waals surface area contributed by atoms with E-state index in [1.807, 2.05) is 24.3 Å². The van der Waals surface area contributed by atoms with E-state index in [9.17, 15) is 4.39 Å². The lowest BCUT2D eigenvalue weighted by Crippen LogP contribution is -1.96. The maximum absolute atomic E-state index is 13.8. The molecule has 106 valence electrons. The number of rotatable bonds is 5. The molecular weight excluding hydrogens is 257 g/mol. The Kier molecular flexibility index (Phi) is 4.45. The molecule has 0 aromatic heterocycles. The maximum Gasteiger partial charge on any atom is 0.168 e. The summed E-state index contributed by atoms with van der Waals surface area (Å²) in [7, 11) is 1.48. The highest BCUT2D eigenvalue weighted by molar-refractivity contribution is 5.56. The number of aryl methyl sites for hydroxylation is 1. The first-order valence-electron chi connectivity index (χ1n) is 6.54. The van der Waals surface area contributed by atoms with Crippen molar-refractivity contribution in [1.82, 2.24) is 0 Å². The van der Waals surface area contributed by atoms with Crippen LogP contribution in [0.4, 0.5) is 10.1 Å². The average molecular weight is 275 g/mol. The second-order valence-corrected chi connectivity index (χ2v) is 4.52. The number of hydrogen-bond donors (Lipinski definition) is 1. The molecule has 0 saturated heterocycles. The third kappa shape index (κ3) is 3.20. The second-order valence-electron chi connectivity index (χ2n) is 4.52. The first kappa shape index (κ1) is 14.2. The van der Waals surface area contributed by atoms with Gasteiger partial charge in [0.15, 0.2) is 11.6 Å². The van der Waals surface area contributed by atoms with Gasteiger partial charge in [0.05, 0.1) is 12.8 Å². The van der Waals surface area contributed by atoms with Crippen molar-refractivity contribution in [2.75, 3.05) is 12.8 Å². The van der Waals surface area contributed by atoms with Crippen LogP contribution in [-0.2, 0) is 6.42 Å². The molecule has 20 heavy (non-hydrogen) atoms. The molecule has 2 rings (SSSR count). The van der Waals surface area contributed by atoms with Crippen molar-refractivity contribution < 1.29 is 13.9 Å². The molecule has 2 N–H and O–H groups in total. The van der Waals surface area contributed by atoms with Crippen LogP contribution in [0, 0.1) is 5.82 Å². The lowest BCUT2D eigenvalue weighted by Gasteiger charge is -2.11. The lowest BCUT2D eigenvalue weighted by molar-refractivity contribution is 0.403. The number of nitrogens with two attached hydrogens (primary N) is 1. The summed E-state index contributed by atoms with van der Waals surface area (Å²) < 4.78 is 24.4. The van der Waals surface area contributed by atoms with Gasteiger partial charge in [0.25, 0.3) is 0 Å². The van der Waals surface area contributed by atoms with Crippen LogP contribution in [0.5, 0.6) is 17.2 Å². The molecule has 0 radical (unpaired) electrons. The summed E-state index contributed by atoms with van der Waals surface area (Å²) in [5.74, 6) is 0.555. The molecule has 2 aromatic carbocycles. The van der Waals surface area contributed by atoms with Crippen LogP contribution in [0.1, 0.15) is 18.9 Å². The zero-order valence-corrected chi connectivity index (χ0v) is 11.7. The molecular formula is C16H18FNO2. The largest absolute Gasteiger partial charge is 0.494 e. The van der Waals surface area contributed by atoms with Gasteiger partial charge < -0.3 is 15.2 Å². The Labute approximate surface area is 118 Å². The van der Waals surface area contributed by atoms with Crippen molar-refractivity contribution in [2.45, 2.75) is 19.8 Å². The van der Waals surface area contributed by atoms with Crippen molar-refractivity contribution in [3.8, 4) is 17.2 Å². The minimum atomic E-state index is -0.513. The van der Waals surface area contributed by atoms with Gasteiger partial charge in [-0.05, 0) is 24.1 Å². The van der Waals surface area contributed by atoms with Gasteiger partial charge in [-0.1, -0.05) is 25.5 Å². The lowest BCUT2D eigenvalue weighted by atomic mass is 10.1. The van der Waals surface area contributed by atoms with Crippen LogP contribution in [0.2, 0.25) is 0 Å². The van der Waals surface area contributed by atoms with Crippen molar-refractivity contribution in [3.05, 3.63) is 47.8 Å². The zero-order valence-electron chi connectivity index (χ0n) is 11.7. The van der Waals surface area contributed by atoms with E-state index in [2.05, 4.69) is 6.92 Å². The van der Waals surface area contributed by atoms with Crippen LogP contribution in [-0.4, -0.2) is 7.11 Å².